The molecule has 0 saturated carbocycles. The Bertz CT molecular complexity index is 453. The van der Waals surface area contributed by atoms with E-state index in [4.69, 9.17) is 11.6 Å². The van der Waals surface area contributed by atoms with E-state index in [1.54, 1.807) is 6.20 Å². The summed E-state index contributed by atoms with van der Waals surface area (Å²) in [6, 6.07) is 2.15. The molecular formula is C17H28ClN3. The molecule has 4 heteroatoms. The molecule has 3 nitrogen and oxygen atoms in total. The first-order valence-electron chi connectivity index (χ1n) is 8.18. The number of nitrogens with zero attached hydrogens (tertiary/aromatic N) is 2. The van der Waals surface area contributed by atoms with Gasteiger partial charge in [-0.15, -0.1) is 0 Å². The molecule has 0 atom stereocenters. The van der Waals surface area contributed by atoms with Gasteiger partial charge in [-0.3, -0.25) is 0 Å². The maximum atomic E-state index is 6.26. The number of halogens is 1. The van der Waals surface area contributed by atoms with Crippen molar-refractivity contribution in [3.8, 4) is 0 Å². The maximum Gasteiger partial charge on any atom is 0.128 e. The van der Waals surface area contributed by atoms with Crippen molar-refractivity contribution < 1.29 is 0 Å². The van der Waals surface area contributed by atoms with Gasteiger partial charge >= 0.3 is 0 Å². The Morgan fingerprint density at radius 3 is 2.67 bits per heavy atom. The zero-order valence-electron chi connectivity index (χ0n) is 13.6. The highest BCUT2D eigenvalue weighted by Crippen LogP contribution is 2.35. The van der Waals surface area contributed by atoms with Crippen molar-refractivity contribution >= 4 is 17.4 Å². The summed E-state index contributed by atoms with van der Waals surface area (Å²) in [6.45, 7) is 10.9. The van der Waals surface area contributed by atoms with Gasteiger partial charge in [-0.25, -0.2) is 4.98 Å². The van der Waals surface area contributed by atoms with Crippen LogP contribution in [-0.4, -0.2) is 24.6 Å². The monoisotopic (exact) mass is 309 g/mol. The molecule has 1 aliphatic rings. The molecule has 1 aliphatic heterocycles. The van der Waals surface area contributed by atoms with Crippen LogP contribution in [0.1, 0.15) is 52.0 Å². The van der Waals surface area contributed by atoms with E-state index >= 15 is 0 Å². The zero-order chi connectivity index (χ0) is 15.3. The number of hydrogen-bond donors (Lipinski definition) is 1. The molecule has 1 fully saturated rings. The number of piperidine rings is 1. The van der Waals surface area contributed by atoms with E-state index < -0.39 is 0 Å². The largest absolute Gasteiger partial charge is 0.357 e. The second-order valence-corrected chi connectivity index (χ2v) is 6.87. The van der Waals surface area contributed by atoms with Crippen molar-refractivity contribution in [3.05, 3.63) is 22.8 Å². The molecule has 0 spiro atoms. The van der Waals surface area contributed by atoms with Crippen LogP contribution in [-0.2, 0) is 6.54 Å². The van der Waals surface area contributed by atoms with Crippen LogP contribution in [0.2, 0.25) is 5.02 Å². The lowest BCUT2D eigenvalue weighted by molar-refractivity contribution is 0.238. The van der Waals surface area contributed by atoms with Crippen LogP contribution in [0.15, 0.2) is 12.3 Å². The molecule has 0 aliphatic carbocycles. The SMILES string of the molecule is CCCNCc1cc(N2CCC(C)(CC)CC2)ncc1Cl. The number of nitrogens with one attached hydrogen (secondary N) is 1. The van der Waals surface area contributed by atoms with Gasteiger partial charge in [0.1, 0.15) is 5.82 Å². The summed E-state index contributed by atoms with van der Waals surface area (Å²) in [7, 11) is 0. The highest BCUT2D eigenvalue weighted by Gasteiger charge is 2.28. The summed E-state index contributed by atoms with van der Waals surface area (Å²) >= 11 is 6.26. The normalized spacial score (nSPS) is 18.0. The van der Waals surface area contributed by atoms with Crippen LogP contribution in [0.25, 0.3) is 0 Å². The minimum absolute atomic E-state index is 0.508. The van der Waals surface area contributed by atoms with E-state index in [9.17, 15) is 0 Å². The molecule has 1 N–H and O–H groups in total. The first-order valence-corrected chi connectivity index (χ1v) is 8.56. The van der Waals surface area contributed by atoms with Crippen LogP contribution >= 0.6 is 11.6 Å². The molecule has 2 heterocycles. The average Bonchev–Trinajstić information content (AvgIpc) is 2.50. The van der Waals surface area contributed by atoms with Crippen molar-refractivity contribution in [2.45, 2.75) is 53.0 Å². The van der Waals surface area contributed by atoms with Crippen LogP contribution in [0.4, 0.5) is 5.82 Å². The van der Waals surface area contributed by atoms with Gasteiger partial charge < -0.3 is 10.2 Å². The molecule has 1 aromatic rings. The number of aromatic nitrogens is 1. The van der Waals surface area contributed by atoms with Gasteiger partial charge in [-0.2, -0.15) is 0 Å². The Hall–Kier alpha value is -0.800. The Balaban J connectivity index is 2.02. The molecule has 0 bridgehead atoms. The predicted octanol–water partition coefficient (Wildman–Crippen LogP) is 4.25. The van der Waals surface area contributed by atoms with E-state index in [0.29, 0.717) is 5.41 Å². The van der Waals surface area contributed by atoms with Gasteiger partial charge in [-0.05, 0) is 42.9 Å². The van der Waals surface area contributed by atoms with E-state index in [-0.39, 0.29) is 0 Å². The third-order valence-corrected chi connectivity index (χ3v) is 5.15. The molecule has 21 heavy (non-hydrogen) atoms. The van der Waals surface area contributed by atoms with Gasteiger partial charge in [0.25, 0.3) is 0 Å². The summed E-state index contributed by atoms with van der Waals surface area (Å²) in [4.78, 5) is 6.93. The highest BCUT2D eigenvalue weighted by atomic mass is 35.5. The molecule has 118 valence electrons. The molecule has 2 rings (SSSR count). The highest BCUT2D eigenvalue weighted by molar-refractivity contribution is 6.31. The van der Waals surface area contributed by atoms with Crippen molar-refractivity contribution in [1.29, 1.82) is 0 Å². The van der Waals surface area contributed by atoms with Crippen LogP contribution in [0.5, 0.6) is 0 Å². The molecular weight excluding hydrogens is 282 g/mol. The maximum absolute atomic E-state index is 6.26. The van der Waals surface area contributed by atoms with Crippen molar-refractivity contribution in [2.24, 2.45) is 5.41 Å². The first kappa shape index (κ1) is 16.6. The van der Waals surface area contributed by atoms with Crippen molar-refractivity contribution in [3.63, 3.8) is 0 Å². The first-order chi connectivity index (χ1) is 10.1. The van der Waals surface area contributed by atoms with Gasteiger partial charge in [0, 0.05) is 25.8 Å². The van der Waals surface area contributed by atoms with Gasteiger partial charge in [-0.1, -0.05) is 38.8 Å². The summed E-state index contributed by atoms with van der Waals surface area (Å²) in [5.74, 6) is 1.07. The van der Waals surface area contributed by atoms with E-state index in [1.807, 2.05) is 0 Å². The molecule has 1 aromatic heterocycles. The fraction of sp³-hybridized carbons (Fsp3) is 0.706. The smallest absolute Gasteiger partial charge is 0.128 e. The number of anilines is 1. The molecule has 0 unspecified atom stereocenters. The minimum Gasteiger partial charge on any atom is -0.357 e. The molecule has 0 amide bonds. The fourth-order valence-electron chi connectivity index (χ4n) is 2.81. The molecule has 1 saturated heterocycles. The number of hydrogen-bond acceptors (Lipinski definition) is 3. The standard InChI is InChI=1S/C17H28ClN3/c1-4-8-19-12-14-11-16(20-13-15(14)18)21-9-6-17(3,5-2)7-10-21/h11,13,19H,4-10,12H2,1-3H3. The Kier molecular flexibility index (Phi) is 5.88. The van der Waals surface area contributed by atoms with Crippen LogP contribution < -0.4 is 10.2 Å². The fourth-order valence-corrected chi connectivity index (χ4v) is 2.98. The summed E-state index contributed by atoms with van der Waals surface area (Å²) < 4.78 is 0. The Morgan fingerprint density at radius 2 is 2.05 bits per heavy atom. The van der Waals surface area contributed by atoms with Gasteiger partial charge in [0.05, 0.1) is 5.02 Å². The lowest BCUT2D eigenvalue weighted by Crippen LogP contribution is -2.38. The number of rotatable bonds is 6. The van der Waals surface area contributed by atoms with E-state index in [2.05, 4.69) is 42.0 Å². The molecule has 0 radical (unpaired) electrons. The lowest BCUT2D eigenvalue weighted by atomic mass is 9.78. The minimum atomic E-state index is 0.508. The van der Waals surface area contributed by atoms with Crippen molar-refractivity contribution in [2.75, 3.05) is 24.5 Å². The molecule has 0 aromatic carbocycles. The van der Waals surface area contributed by atoms with E-state index in [0.717, 1.165) is 49.0 Å². The summed E-state index contributed by atoms with van der Waals surface area (Å²) in [5, 5.41) is 4.18. The van der Waals surface area contributed by atoms with Gasteiger partial charge in [0.15, 0.2) is 0 Å². The quantitative estimate of drug-likeness (QED) is 0.796. The lowest BCUT2D eigenvalue weighted by Gasteiger charge is -2.39. The van der Waals surface area contributed by atoms with Crippen LogP contribution in [0.3, 0.4) is 0 Å². The Labute approximate surface area is 134 Å². The number of pyridine rings is 1. The second kappa shape index (κ2) is 7.46. The predicted molar refractivity (Wildman–Crippen MR) is 91.1 cm³/mol. The summed E-state index contributed by atoms with van der Waals surface area (Å²) in [5.41, 5.74) is 1.66. The zero-order valence-corrected chi connectivity index (χ0v) is 14.3. The van der Waals surface area contributed by atoms with Crippen LogP contribution in [0, 0.1) is 5.41 Å². The second-order valence-electron chi connectivity index (χ2n) is 6.46. The van der Waals surface area contributed by atoms with E-state index in [1.165, 1.54) is 19.3 Å². The topological polar surface area (TPSA) is 28.2 Å². The third kappa shape index (κ3) is 4.33. The Morgan fingerprint density at radius 1 is 1.33 bits per heavy atom. The third-order valence-electron chi connectivity index (χ3n) is 4.81. The van der Waals surface area contributed by atoms with Gasteiger partial charge in [0.2, 0.25) is 0 Å². The average molecular weight is 310 g/mol. The van der Waals surface area contributed by atoms with Crippen molar-refractivity contribution in [1.82, 2.24) is 10.3 Å². The summed E-state index contributed by atoms with van der Waals surface area (Å²) in [6.07, 6.45) is 6.69.